The highest BCUT2D eigenvalue weighted by Gasteiger charge is 2.41. The molecule has 0 aliphatic carbocycles. The van der Waals surface area contributed by atoms with Gasteiger partial charge in [0.2, 0.25) is 0 Å². The van der Waals surface area contributed by atoms with Gasteiger partial charge in [0.15, 0.2) is 0 Å². The second kappa shape index (κ2) is 9.51. The van der Waals surface area contributed by atoms with Gasteiger partial charge in [-0.25, -0.2) is 0 Å². The first-order valence-electron chi connectivity index (χ1n) is 16.7. The Hall–Kier alpha value is -4.55. The second-order valence-electron chi connectivity index (χ2n) is 14.5. The van der Waals surface area contributed by atoms with Crippen molar-refractivity contribution in [3.63, 3.8) is 0 Å². The minimum Gasteiger partial charge on any atom is -0.135 e. The molecule has 0 nitrogen and oxygen atoms in total. The lowest BCUT2D eigenvalue weighted by atomic mass is 9.92. The van der Waals surface area contributed by atoms with Crippen LogP contribution in [0.2, 0.25) is 26.2 Å². The Bertz CT molecular complexity index is 2640. The van der Waals surface area contributed by atoms with Gasteiger partial charge in [-0.1, -0.05) is 148 Å². The van der Waals surface area contributed by atoms with Crippen molar-refractivity contribution in [2.45, 2.75) is 26.2 Å². The van der Waals surface area contributed by atoms with Gasteiger partial charge in [-0.15, -0.1) is 11.3 Å². The zero-order valence-corrected chi connectivity index (χ0v) is 29.9. The lowest BCUT2D eigenvalue weighted by Crippen LogP contribution is -2.49. The maximum absolute atomic E-state index is 2.55. The summed E-state index contributed by atoms with van der Waals surface area (Å²) >= 11 is 1.91. The Morgan fingerprint density at radius 1 is 0.383 bits per heavy atom. The third-order valence-corrected chi connectivity index (χ3v) is 19.6. The molecule has 2 aliphatic rings. The first kappa shape index (κ1) is 27.6. The van der Waals surface area contributed by atoms with Gasteiger partial charge in [0, 0.05) is 20.2 Å². The van der Waals surface area contributed by atoms with Crippen molar-refractivity contribution in [1.29, 1.82) is 0 Å². The summed E-state index contributed by atoms with van der Waals surface area (Å²) in [6.45, 7) is 10.1. The molecule has 0 fully saturated rings. The van der Waals surface area contributed by atoms with Crippen LogP contribution in [0.5, 0.6) is 0 Å². The molecule has 0 atom stereocenters. The Morgan fingerprint density at radius 2 is 0.979 bits per heavy atom. The van der Waals surface area contributed by atoms with E-state index in [9.17, 15) is 0 Å². The van der Waals surface area contributed by atoms with Crippen molar-refractivity contribution < 1.29 is 0 Å². The average Bonchev–Trinajstić information content (AvgIpc) is 3.68. The van der Waals surface area contributed by atoms with Gasteiger partial charge < -0.3 is 0 Å². The number of thiophene rings is 1. The standard InChI is InChI=1S/C44H34SSi2/c1-46(2)38-18-8-6-14-35(38)42-32-22-24-40-43(33(32)21-23-39(42)46)36-20-19-28(26-41(36)47(40,3)4)27-11-9-12-29(25-27)30-15-10-16-34-31-13-5-7-17-37(31)45-44(30)34/h5-26H,1-4H3. The Balaban J connectivity index is 1.12. The summed E-state index contributed by atoms with van der Waals surface area (Å²) < 4.78 is 2.72. The molecule has 3 heterocycles. The molecule has 0 saturated carbocycles. The molecule has 10 rings (SSSR count). The van der Waals surface area contributed by atoms with Gasteiger partial charge >= 0.3 is 0 Å². The van der Waals surface area contributed by atoms with Crippen LogP contribution in [-0.2, 0) is 0 Å². The van der Waals surface area contributed by atoms with Crippen LogP contribution in [-0.4, -0.2) is 16.1 Å². The molecular formula is C44H34SSi2. The SMILES string of the molecule is C[Si]1(C)c2ccccc2-c2c1ccc1c3c(ccc21)[Si](C)(C)c1cc(-c2cccc(-c4cccc5c4sc4ccccc45)c2)ccc1-3. The minimum atomic E-state index is -1.91. The van der Waals surface area contributed by atoms with Crippen molar-refractivity contribution >= 4 is 79.2 Å². The summed E-state index contributed by atoms with van der Waals surface area (Å²) in [5, 5.41) is 11.9. The highest BCUT2D eigenvalue weighted by molar-refractivity contribution is 7.26. The summed E-state index contributed by atoms with van der Waals surface area (Å²) in [4.78, 5) is 0. The molecule has 0 N–H and O–H groups in total. The monoisotopic (exact) mass is 650 g/mol. The Morgan fingerprint density at radius 3 is 1.79 bits per heavy atom. The van der Waals surface area contributed by atoms with Gasteiger partial charge in [0.05, 0.1) is 0 Å². The average molecular weight is 651 g/mol. The van der Waals surface area contributed by atoms with E-state index in [1.165, 1.54) is 75.5 Å². The quantitative estimate of drug-likeness (QED) is 0.163. The fraction of sp³-hybridized carbons (Fsp3) is 0.0909. The topological polar surface area (TPSA) is 0 Å². The lowest BCUT2D eigenvalue weighted by molar-refractivity contribution is 1.62. The van der Waals surface area contributed by atoms with Crippen LogP contribution in [0.4, 0.5) is 0 Å². The molecule has 0 amide bonds. The summed E-state index contributed by atoms with van der Waals surface area (Å²) in [5.41, 5.74) is 11.1. The number of hydrogen-bond acceptors (Lipinski definition) is 1. The van der Waals surface area contributed by atoms with Gasteiger partial charge in [-0.05, 0) is 88.2 Å². The molecule has 0 radical (unpaired) electrons. The predicted octanol–water partition coefficient (Wildman–Crippen LogP) is 10.1. The highest BCUT2D eigenvalue weighted by atomic mass is 32.1. The second-order valence-corrected chi connectivity index (χ2v) is 24.2. The molecule has 0 spiro atoms. The van der Waals surface area contributed by atoms with E-state index in [0.29, 0.717) is 0 Å². The van der Waals surface area contributed by atoms with E-state index in [4.69, 9.17) is 0 Å². The molecule has 0 bridgehead atoms. The van der Waals surface area contributed by atoms with E-state index in [0.717, 1.165) is 0 Å². The molecule has 0 saturated heterocycles. The van der Waals surface area contributed by atoms with Crippen molar-refractivity contribution in [3.8, 4) is 44.5 Å². The van der Waals surface area contributed by atoms with Crippen LogP contribution in [0.3, 0.4) is 0 Å². The number of fused-ring (bicyclic) bond motifs is 12. The Labute approximate surface area is 282 Å². The molecule has 7 aromatic carbocycles. The van der Waals surface area contributed by atoms with E-state index in [2.05, 4.69) is 160 Å². The maximum atomic E-state index is 2.55. The lowest BCUT2D eigenvalue weighted by Gasteiger charge is -2.21. The van der Waals surface area contributed by atoms with Crippen molar-refractivity contribution in [1.82, 2.24) is 0 Å². The normalized spacial score (nSPS) is 15.1. The number of hydrogen-bond donors (Lipinski definition) is 0. The predicted molar refractivity (Wildman–Crippen MR) is 212 cm³/mol. The molecule has 8 aromatic rings. The molecular weight excluding hydrogens is 617 g/mol. The van der Waals surface area contributed by atoms with Gasteiger partial charge in [0.1, 0.15) is 16.1 Å². The largest absolute Gasteiger partial charge is 0.135 e. The highest BCUT2D eigenvalue weighted by Crippen LogP contribution is 2.43. The first-order chi connectivity index (χ1) is 22.8. The van der Waals surface area contributed by atoms with Crippen molar-refractivity contribution in [2.24, 2.45) is 0 Å². The molecule has 224 valence electrons. The molecule has 1 aromatic heterocycles. The number of rotatable bonds is 2. The molecule has 0 unspecified atom stereocenters. The van der Waals surface area contributed by atoms with Gasteiger partial charge in [-0.3, -0.25) is 0 Å². The third-order valence-electron chi connectivity index (χ3n) is 11.3. The Kier molecular flexibility index (Phi) is 5.58. The number of benzene rings is 7. The van der Waals surface area contributed by atoms with Crippen LogP contribution in [0.1, 0.15) is 0 Å². The van der Waals surface area contributed by atoms with Crippen molar-refractivity contribution in [2.75, 3.05) is 0 Å². The molecule has 2 aliphatic heterocycles. The smallest absolute Gasteiger partial charge is 0.113 e. The van der Waals surface area contributed by atoms with Crippen LogP contribution in [0, 0.1) is 0 Å². The van der Waals surface area contributed by atoms with E-state index in [1.54, 1.807) is 20.7 Å². The summed E-state index contributed by atoms with van der Waals surface area (Å²) in [5.74, 6) is 0. The zero-order chi connectivity index (χ0) is 31.7. The van der Waals surface area contributed by atoms with E-state index < -0.39 is 16.1 Å². The molecule has 3 heteroatoms. The van der Waals surface area contributed by atoms with Gasteiger partial charge in [-0.2, -0.15) is 0 Å². The van der Waals surface area contributed by atoms with Crippen LogP contribution < -0.4 is 20.7 Å². The van der Waals surface area contributed by atoms with E-state index in [-0.39, 0.29) is 0 Å². The van der Waals surface area contributed by atoms with E-state index >= 15 is 0 Å². The fourth-order valence-electron chi connectivity index (χ4n) is 8.86. The van der Waals surface area contributed by atoms with Crippen LogP contribution in [0.25, 0.3) is 75.5 Å². The molecule has 47 heavy (non-hydrogen) atoms. The van der Waals surface area contributed by atoms with Crippen LogP contribution in [0.15, 0.2) is 133 Å². The first-order valence-corrected chi connectivity index (χ1v) is 23.5. The van der Waals surface area contributed by atoms with Crippen molar-refractivity contribution in [3.05, 3.63) is 133 Å². The summed E-state index contributed by atoms with van der Waals surface area (Å²) in [7, 11) is -3.62. The fourth-order valence-corrected chi connectivity index (χ4v) is 16.3. The minimum absolute atomic E-state index is 1.28. The zero-order valence-electron chi connectivity index (χ0n) is 27.1. The van der Waals surface area contributed by atoms with Gasteiger partial charge in [0.25, 0.3) is 0 Å². The summed E-state index contributed by atoms with van der Waals surface area (Å²) in [6, 6.07) is 51.2. The van der Waals surface area contributed by atoms with E-state index in [1.807, 2.05) is 11.3 Å². The van der Waals surface area contributed by atoms with Crippen LogP contribution >= 0.6 is 11.3 Å². The third kappa shape index (κ3) is 3.68. The maximum Gasteiger partial charge on any atom is 0.113 e. The summed E-state index contributed by atoms with van der Waals surface area (Å²) in [6.07, 6.45) is 0.